The van der Waals surface area contributed by atoms with E-state index in [-0.39, 0.29) is 17.6 Å². The van der Waals surface area contributed by atoms with Crippen molar-refractivity contribution in [3.8, 4) is 0 Å². The molecule has 2 fully saturated rings. The van der Waals surface area contributed by atoms with Gasteiger partial charge in [-0.2, -0.15) is 0 Å². The van der Waals surface area contributed by atoms with Crippen molar-refractivity contribution in [1.29, 1.82) is 0 Å². The maximum Gasteiger partial charge on any atom is 0.306 e. The molecule has 1 aromatic carbocycles. The number of carbonyl (C=O) groups excluding carboxylic acids is 1. The van der Waals surface area contributed by atoms with Gasteiger partial charge in [0.1, 0.15) is 5.82 Å². The topological polar surface area (TPSA) is 60.9 Å². The molecule has 0 aromatic heterocycles. The summed E-state index contributed by atoms with van der Waals surface area (Å²) in [4.78, 5) is 27.5. The van der Waals surface area contributed by atoms with Crippen molar-refractivity contribution in [3.05, 3.63) is 35.6 Å². The summed E-state index contributed by atoms with van der Waals surface area (Å²) in [5.74, 6) is -0.914. The van der Waals surface area contributed by atoms with Crippen molar-refractivity contribution < 1.29 is 19.1 Å². The predicted octanol–water partition coefficient (Wildman–Crippen LogP) is 2.33. The highest BCUT2D eigenvalue weighted by molar-refractivity contribution is 5.79. The fraction of sp³-hybridized carbons (Fsp3) is 0.579. The number of likely N-dealkylation sites (tertiary alicyclic amines) is 2. The lowest BCUT2D eigenvalue weighted by molar-refractivity contribution is -0.146. The van der Waals surface area contributed by atoms with E-state index in [1.165, 1.54) is 12.1 Å². The SMILES string of the molecule is CC1CC(c2ccc(F)cc2)CN1CC(=O)N1CCC(C(=O)O)CC1. The summed E-state index contributed by atoms with van der Waals surface area (Å²) in [7, 11) is 0. The fourth-order valence-corrected chi connectivity index (χ4v) is 3.94. The number of amides is 1. The van der Waals surface area contributed by atoms with Crippen LogP contribution in [0.4, 0.5) is 4.39 Å². The molecule has 2 saturated heterocycles. The van der Waals surface area contributed by atoms with Gasteiger partial charge in [-0.05, 0) is 49.8 Å². The highest BCUT2D eigenvalue weighted by atomic mass is 19.1. The Morgan fingerprint density at radius 2 is 1.84 bits per heavy atom. The van der Waals surface area contributed by atoms with E-state index in [4.69, 9.17) is 5.11 Å². The molecule has 2 atom stereocenters. The quantitative estimate of drug-likeness (QED) is 0.907. The van der Waals surface area contributed by atoms with Crippen molar-refractivity contribution in [2.45, 2.75) is 38.1 Å². The lowest BCUT2D eigenvalue weighted by atomic mass is 9.97. The van der Waals surface area contributed by atoms with Gasteiger partial charge in [0.05, 0.1) is 12.5 Å². The Labute approximate surface area is 147 Å². The summed E-state index contributed by atoms with van der Waals surface area (Å²) < 4.78 is 13.1. The van der Waals surface area contributed by atoms with Crippen LogP contribution in [-0.2, 0) is 9.59 Å². The highest BCUT2D eigenvalue weighted by Gasteiger charge is 2.33. The number of hydrogen-bond donors (Lipinski definition) is 1. The van der Waals surface area contributed by atoms with Crippen molar-refractivity contribution in [1.82, 2.24) is 9.80 Å². The molecule has 0 saturated carbocycles. The molecule has 3 rings (SSSR count). The van der Waals surface area contributed by atoms with E-state index in [9.17, 15) is 14.0 Å². The van der Waals surface area contributed by atoms with Crippen molar-refractivity contribution in [3.63, 3.8) is 0 Å². The molecule has 0 aliphatic carbocycles. The molecule has 2 aliphatic rings. The Balaban J connectivity index is 1.53. The van der Waals surface area contributed by atoms with Gasteiger partial charge in [0.25, 0.3) is 0 Å². The molecule has 6 heteroatoms. The molecule has 0 spiro atoms. The number of piperidine rings is 1. The summed E-state index contributed by atoms with van der Waals surface area (Å²) >= 11 is 0. The van der Waals surface area contributed by atoms with Gasteiger partial charge in [0.2, 0.25) is 5.91 Å². The summed E-state index contributed by atoms with van der Waals surface area (Å²) in [6.07, 6.45) is 2.03. The van der Waals surface area contributed by atoms with E-state index in [2.05, 4.69) is 11.8 Å². The normalized spacial score (nSPS) is 25.3. The third-order valence-corrected chi connectivity index (χ3v) is 5.58. The van der Waals surface area contributed by atoms with Gasteiger partial charge in [-0.25, -0.2) is 4.39 Å². The largest absolute Gasteiger partial charge is 0.481 e. The van der Waals surface area contributed by atoms with Gasteiger partial charge in [0, 0.05) is 25.7 Å². The number of nitrogens with zero attached hydrogens (tertiary/aromatic N) is 2. The third kappa shape index (κ3) is 4.18. The molecule has 0 radical (unpaired) electrons. The van der Waals surface area contributed by atoms with Gasteiger partial charge >= 0.3 is 5.97 Å². The summed E-state index contributed by atoms with van der Waals surface area (Å²) in [6, 6.07) is 6.93. The molecule has 0 bridgehead atoms. The number of carbonyl (C=O) groups is 2. The Morgan fingerprint density at radius 3 is 2.44 bits per heavy atom. The first kappa shape index (κ1) is 17.9. The zero-order valence-electron chi connectivity index (χ0n) is 14.5. The van der Waals surface area contributed by atoms with Crippen LogP contribution in [0.1, 0.15) is 37.7 Å². The summed E-state index contributed by atoms with van der Waals surface area (Å²) in [6.45, 7) is 4.34. The van der Waals surface area contributed by atoms with E-state index in [1.54, 1.807) is 4.90 Å². The average Bonchev–Trinajstić information content (AvgIpc) is 2.96. The van der Waals surface area contributed by atoms with Crippen LogP contribution in [0.15, 0.2) is 24.3 Å². The van der Waals surface area contributed by atoms with E-state index in [0.29, 0.717) is 44.4 Å². The van der Waals surface area contributed by atoms with Crippen LogP contribution in [0.5, 0.6) is 0 Å². The maximum atomic E-state index is 13.1. The van der Waals surface area contributed by atoms with Crippen molar-refractivity contribution in [2.75, 3.05) is 26.2 Å². The number of benzene rings is 1. The standard InChI is InChI=1S/C19H25FN2O3/c1-13-10-16(14-2-4-17(20)5-3-14)11-22(13)12-18(23)21-8-6-15(7-9-21)19(24)25/h2-5,13,15-16H,6-12H2,1H3,(H,24,25). The Kier molecular flexibility index (Phi) is 5.37. The summed E-state index contributed by atoms with van der Waals surface area (Å²) in [5, 5.41) is 9.05. The molecule has 2 unspecified atom stereocenters. The van der Waals surface area contributed by atoms with E-state index >= 15 is 0 Å². The van der Waals surface area contributed by atoms with Gasteiger partial charge in [0.15, 0.2) is 0 Å². The first-order chi connectivity index (χ1) is 11.9. The molecule has 1 amide bonds. The number of hydrogen-bond acceptors (Lipinski definition) is 3. The van der Waals surface area contributed by atoms with Crippen LogP contribution in [-0.4, -0.2) is 59.0 Å². The Hall–Kier alpha value is -1.95. The Morgan fingerprint density at radius 1 is 1.20 bits per heavy atom. The van der Waals surface area contributed by atoms with Gasteiger partial charge < -0.3 is 10.0 Å². The Bertz CT molecular complexity index is 626. The molecule has 2 heterocycles. The minimum Gasteiger partial charge on any atom is -0.481 e. The van der Waals surface area contributed by atoms with E-state index in [1.807, 2.05) is 12.1 Å². The van der Waals surface area contributed by atoms with E-state index in [0.717, 1.165) is 18.5 Å². The first-order valence-electron chi connectivity index (χ1n) is 8.94. The van der Waals surface area contributed by atoms with Crippen LogP contribution < -0.4 is 0 Å². The molecule has 136 valence electrons. The van der Waals surface area contributed by atoms with Crippen LogP contribution in [0.25, 0.3) is 0 Å². The van der Waals surface area contributed by atoms with Gasteiger partial charge in [-0.15, -0.1) is 0 Å². The second kappa shape index (κ2) is 7.52. The number of aliphatic carboxylic acids is 1. The fourth-order valence-electron chi connectivity index (χ4n) is 3.94. The minimum absolute atomic E-state index is 0.0791. The second-order valence-electron chi connectivity index (χ2n) is 7.26. The summed E-state index contributed by atoms with van der Waals surface area (Å²) in [5.41, 5.74) is 1.12. The number of carboxylic acids is 1. The zero-order chi connectivity index (χ0) is 18.0. The van der Waals surface area contributed by atoms with Gasteiger partial charge in [-0.1, -0.05) is 12.1 Å². The molecular weight excluding hydrogens is 323 g/mol. The first-order valence-corrected chi connectivity index (χ1v) is 8.94. The van der Waals surface area contributed by atoms with E-state index < -0.39 is 5.97 Å². The highest BCUT2D eigenvalue weighted by Crippen LogP contribution is 2.31. The number of carboxylic acid groups (broad SMARTS) is 1. The lowest BCUT2D eigenvalue weighted by Gasteiger charge is -2.32. The molecule has 1 N–H and O–H groups in total. The number of rotatable bonds is 4. The van der Waals surface area contributed by atoms with Crippen LogP contribution in [0, 0.1) is 11.7 Å². The van der Waals surface area contributed by atoms with Crippen molar-refractivity contribution in [2.24, 2.45) is 5.92 Å². The van der Waals surface area contributed by atoms with Crippen LogP contribution >= 0.6 is 0 Å². The monoisotopic (exact) mass is 348 g/mol. The minimum atomic E-state index is -0.762. The average molecular weight is 348 g/mol. The molecule has 25 heavy (non-hydrogen) atoms. The molecule has 5 nitrogen and oxygen atoms in total. The predicted molar refractivity (Wildman–Crippen MR) is 91.7 cm³/mol. The molecule has 1 aromatic rings. The van der Waals surface area contributed by atoms with Crippen LogP contribution in [0.3, 0.4) is 0 Å². The molecule has 2 aliphatic heterocycles. The smallest absolute Gasteiger partial charge is 0.306 e. The van der Waals surface area contributed by atoms with Crippen LogP contribution in [0.2, 0.25) is 0 Å². The second-order valence-corrected chi connectivity index (χ2v) is 7.26. The third-order valence-electron chi connectivity index (χ3n) is 5.58. The van der Waals surface area contributed by atoms with Crippen molar-refractivity contribution >= 4 is 11.9 Å². The molecular formula is C19H25FN2O3. The van der Waals surface area contributed by atoms with Gasteiger partial charge in [-0.3, -0.25) is 14.5 Å². The number of halogens is 1. The maximum absolute atomic E-state index is 13.1. The zero-order valence-corrected chi connectivity index (χ0v) is 14.5. The lowest BCUT2D eigenvalue weighted by Crippen LogP contribution is -2.45.